The first-order chi connectivity index (χ1) is 10.1. The molecule has 1 unspecified atom stereocenters. The van der Waals surface area contributed by atoms with E-state index in [1.165, 1.54) is 0 Å². The van der Waals surface area contributed by atoms with Gasteiger partial charge in [0.2, 0.25) is 5.88 Å². The smallest absolute Gasteiger partial charge is 0.215 e. The molecule has 1 atom stereocenters. The number of alkyl halides is 1. The molecule has 110 valence electrons. The first-order valence-electron chi connectivity index (χ1n) is 6.37. The minimum atomic E-state index is 0.0563. The SMILES string of the molecule is COc1ccc2nc(CCl)n(C(C)c3ccc(Cl)s3)c2n1. The molecule has 7 heteroatoms. The van der Waals surface area contributed by atoms with Crippen molar-refractivity contribution < 1.29 is 4.74 Å². The summed E-state index contributed by atoms with van der Waals surface area (Å²) in [5.41, 5.74) is 1.57. The van der Waals surface area contributed by atoms with Crippen LogP contribution in [0, 0.1) is 0 Å². The van der Waals surface area contributed by atoms with Crippen molar-refractivity contribution in [3.8, 4) is 5.88 Å². The summed E-state index contributed by atoms with van der Waals surface area (Å²) in [5.74, 6) is 1.66. The number of ether oxygens (including phenoxy) is 1. The fourth-order valence-corrected chi connectivity index (χ4v) is 3.59. The zero-order valence-corrected chi connectivity index (χ0v) is 13.8. The van der Waals surface area contributed by atoms with Crippen LogP contribution < -0.4 is 4.74 Å². The number of fused-ring (bicyclic) bond motifs is 1. The predicted molar refractivity (Wildman–Crippen MR) is 86.8 cm³/mol. The van der Waals surface area contributed by atoms with E-state index in [2.05, 4.69) is 16.9 Å². The molecule has 21 heavy (non-hydrogen) atoms. The van der Waals surface area contributed by atoms with Crippen LogP contribution in [-0.2, 0) is 5.88 Å². The Bertz CT molecular complexity index is 784. The molecule has 0 aromatic carbocycles. The molecule has 0 radical (unpaired) electrons. The van der Waals surface area contributed by atoms with Crippen LogP contribution in [-0.4, -0.2) is 21.6 Å². The monoisotopic (exact) mass is 341 g/mol. The van der Waals surface area contributed by atoms with E-state index in [1.54, 1.807) is 24.5 Å². The van der Waals surface area contributed by atoms with Crippen LogP contribution in [0.5, 0.6) is 5.88 Å². The van der Waals surface area contributed by atoms with E-state index >= 15 is 0 Å². The van der Waals surface area contributed by atoms with Gasteiger partial charge in [0.1, 0.15) is 11.3 Å². The number of imidazole rings is 1. The molecule has 0 saturated carbocycles. The van der Waals surface area contributed by atoms with Gasteiger partial charge in [0.25, 0.3) is 0 Å². The van der Waals surface area contributed by atoms with Gasteiger partial charge in [-0.25, -0.2) is 4.98 Å². The molecule has 0 aliphatic carbocycles. The van der Waals surface area contributed by atoms with Gasteiger partial charge in [-0.15, -0.1) is 22.9 Å². The van der Waals surface area contributed by atoms with E-state index in [4.69, 9.17) is 27.9 Å². The molecule has 3 rings (SSSR count). The summed E-state index contributed by atoms with van der Waals surface area (Å²) in [6.07, 6.45) is 0. The van der Waals surface area contributed by atoms with E-state index in [0.717, 1.165) is 26.2 Å². The zero-order chi connectivity index (χ0) is 15.0. The second kappa shape index (κ2) is 5.83. The molecule has 0 amide bonds. The molecule has 4 nitrogen and oxygen atoms in total. The summed E-state index contributed by atoms with van der Waals surface area (Å²) in [4.78, 5) is 10.2. The van der Waals surface area contributed by atoms with Gasteiger partial charge in [-0.3, -0.25) is 0 Å². The maximum atomic E-state index is 6.05. The summed E-state index contributed by atoms with van der Waals surface area (Å²) in [5, 5.41) is 0. The van der Waals surface area contributed by atoms with Crippen LogP contribution in [0.25, 0.3) is 11.2 Å². The van der Waals surface area contributed by atoms with Crippen molar-refractivity contribution in [1.82, 2.24) is 14.5 Å². The molecule has 0 fully saturated rings. The van der Waals surface area contributed by atoms with Crippen molar-refractivity contribution in [1.29, 1.82) is 0 Å². The van der Waals surface area contributed by atoms with E-state index in [1.807, 2.05) is 22.8 Å². The van der Waals surface area contributed by atoms with Crippen LogP contribution in [0.4, 0.5) is 0 Å². The normalized spacial score (nSPS) is 12.8. The highest BCUT2D eigenvalue weighted by molar-refractivity contribution is 7.16. The summed E-state index contributed by atoms with van der Waals surface area (Å²) in [6.45, 7) is 2.08. The largest absolute Gasteiger partial charge is 0.481 e. The number of rotatable bonds is 4. The Hall–Kier alpha value is -1.30. The van der Waals surface area contributed by atoms with Crippen molar-refractivity contribution in [2.75, 3.05) is 7.11 Å². The van der Waals surface area contributed by atoms with E-state index in [9.17, 15) is 0 Å². The number of aromatic nitrogens is 3. The average Bonchev–Trinajstić information content (AvgIpc) is 3.08. The number of pyridine rings is 1. The van der Waals surface area contributed by atoms with Gasteiger partial charge in [-0.2, -0.15) is 4.98 Å². The maximum Gasteiger partial charge on any atom is 0.215 e. The van der Waals surface area contributed by atoms with Crippen LogP contribution in [0.3, 0.4) is 0 Å². The van der Waals surface area contributed by atoms with Gasteiger partial charge in [-0.05, 0) is 25.1 Å². The zero-order valence-electron chi connectivity index (χ0n) is 11.5. The number of thiophene rings is 1. The number of halogens is 2. The maximum absolute atomic E-state index is 6.05. The minimum Gasteiger partial charge on any atom is -0.481 e. The van der Waals surface area contributed by atoms with Gasteiger partial charge >= 0.3 is 0 Å². The molecular formula is C14H13Cl2N3OS. The lowest BCUT2D eigenvalue weighted by atomic mass is 10.2. The van der Waals surface area contributed by atoms with Gasteiger partial charge in [0.05, 0.1) is 23.4 Å². The molecule has 0 aliphatic heterocycles. The topological polar surface area (TPSA) is 39.9 Å². The molecule has 3 aromatic rings. The predicted octanol–water partition coefficient (Wildman–Crippen LogP) is 4.50. The molecule has 0 saturated heterocycles. The van der Waals surface area contributed by atoms with Gasteiger partial charge in [0, 0.05) is 10.9 Å². The number of hydrogen-bond acceptors (Lipinski definition) is 4. The Morgan fingerprint density at radius 1 is 1.29 bits per heavy atom. The van der Waals surface area contributed by atoms with Crippen molar-refractivity contribution in [2.45, 2.75) is 18.8 Å². The summed E-state index contributed by atoms with van der Waals surface area (Å²) in [7, 11) is 1.60. The second-order valence-electron chi connectivity index (χ2n) is 4.55. The fourth-order valence-electron chi connectivity index (χ4n) is 2.30. The first-order valence-corrected chi connectivity index (χ1v) is 8.10. The summed E-state index contributed by atoms with van der Waals surface area (Å²) < 4.78 is 8.00. The van der Waals surface area contributed by atoms with Gasteiger partial charge in [0.15, 0.2) is 5.65 Å². The molecular weight excluding hydrogens is 329 g/mol. The first kappa shape index (κ1) is 14.6. The Kier molecular flexibility index (Phi) is 4.06. The lowest BCUT2D eigenvalue weighted by molar-refractivity contribution is 0.398. The van der Waals surface area contributed by atoms with Gasteiger partial charge in [-0.1, -0.05) is 11.6 Å². The van der Waals surface area contributed by atoms with Crippen molar-refractivity contribution in [2.24, 2.45) is 0 Å². The number of methoxy groups -OCH3 is 1. The molecule has 0 spiro atoms. The third-order valence-corrected chi connectivity index (χ3v) is 4.95. The summed E-state index contributed by atoms with van der Waals surface area (Å²) in [6, 6.07) is 7.65. The molecule has 3 aromatic heterocycles. The average molecular weight is 342 g/mol. The Balaban J connectivity index is 2.18. The number of hydrogen-bond donors (Lipinski definition) is 0. The van der Waals surface area contributed by atoms with Crippen LogP contribution in [0.1, 0.15) is 23.7 Å². The van der Waals surface area contributed by atoms with Crippen LogP contribution in [0.2, 0.25) is 4.34 Å². The van der Waals surface area contributed by atoms with Gasteiger partial charge < -0.3 is 9.30 Å². The molecule has 3 heterocycles. The molecule has 0 aliphatic rings. The van der Waals surface area contributed by atoms with E-state index in [-0.39, 0.29) is 6.04 Å². The molecule has 0 bridgehead atoms. The minimum absolute atomic E-state index is 0.0563. The fraction of sp³-hybridized carbons (Fsp3) is 0.286. The van der Waals surface area contributed by atoms with Crippen molar-refractivity contribution in [3.63, 3.8) is 0 Å². The van der Waals surface area contributed by atoms with E-state index in [0.29, 0.717) is 11.8 Å². The lowest BCUT2D eigenvalue weighted by Crippen LogP contribution is -2.09. The van der Waals surface area contributed by atoms with Crippen LogP contribution >= 0.6 is 34.5 Å². The number of nitrogens with zero attached hydrogens (tertiary/aromatic N) is 3. The Morgan fingerprint density at radius 2 is 2.10 bits per heavy atom. The second-order valence-corrected chi connectivity index (χ2v) is 6.56. The van der Waals surface area contributed by atoms with Crippen molar-refractivity contribution in [3.05, 3.63) is 39.3 Å². The highest BCUT2D eigenvalue weighted by Crippen LogP contribution is 2.32. The van der Waals surface area contributed by atoms with Crippen molar-refractivity contribution >= 4 is 45.7 Å². The third-order valence-electron chi connectivity index (χ3n) is 3.31. The highest BCUT2D eigenvalue weighted by Gasteiger charge is 2.19. The Morgan fingerprint density at radius 3 is 2.71 bits per heavy atom. The standard InChI is InChI=1S/C14H13Cl2N3OS/c1-8(10-4-5-11(16)21-10)19-12(7-15)17-9-3-6-13(20-2)18-14(9)19/h3-6,8H,7H2,1-2H3. The Labute approximate surface area is 136 Å². The van der Waals surface area contributed by atoms with Crippen LogP contribution in [0.15, 0.2) is 24.3 Å². The quantitative estimate of drug-likeness (QED) is 0.655. The lowest BCUT2D eigenvalue weighted by Gasteiger charge is -2.15. The van der Waals surface area contributed by atoms with E-state index < -0.39 is 0 Å². The highest BCUT2D eigenvalue weighted by atomic mass is 35.5. The summed E-state index contributed by atoms with van der Waals surface area (Å²) >= 11 is 13.6. The molecule has 0 N–H and O–H groups in total. The third kappa shape index (κ3) is 2.61.